The third kappa shape index (κ3) is 2.18. The smallest absolute Gasteiger partial charge is 0.317 e. The average Bonchev–Trinajstić information content (AvgIpc) is 2.82. The van der Waals surface area contributed by atoms with E-state index in [9.17, 15) is 4.79 Å². The molecule has 1 aromatic rings. The van der Waals surface area contributed by atoms with E-state index in [0.717, 1.165) is 43.3 Å². The van der Waals surface area contributed by atoms with Gasteiger partial charge in [0, 0.05) is 38.2 Å². The van der Waals surface area contributed by atoms with E-state index in [1.165, 1.54) is 0 Å². The number of nitrogens with one attached hydrogen (secondary N) is 1. The predicted octanol–water partition coefficient (Wildman–Crippen LogP) is 1.21. The first-order valence-corrected chi connectivity index (χ1v) is 7.30. The monoisotopic (exact) mass is 295 g/mol. The van der Waals surface area contributed by atoms with Crippen molar-refractivity contribution in [1.29, 1.82) is 0 Å². The highest BCUT2D eigenvalue weighted by atomic mass is 35.5. The van der Waals surface area contributed by atoms with Gasteiger partial charge < -0.3 is 15.1 Å². The quantitative estimate of drug-likeness (QED) is 0.833. The molecule has 7 heteroatoms. The Labute approximate surface area is 123 Å². The number of hydrogen-bond donors (Lipinski definition) is 1. The first-order valence-electron chi connectivity index (χ1n) is 6.92. The number of aromatic nitrogens is 2. The van der Waals surface area contributed by atoms with E-state index in [4.69, 9.17) is 11.6 Å². The molecular formula is C13H18ClN5O. The Kier molecular flexibility index (Phi) is 3.41. The van der Waals surface area contributed by atoms with Crippen LogP contribution in [0.4, 0.5) is 10.6 Å². The highest BCUT2D eigenvalue weighted by molar-refractivity contribution is 6.30. The molecule has 2 saturated heterocycles. The van der Waals surface area contributed by atoms with Gasteiger partial charge in [-0.3, -0.25) is 0 Å². The predicted molar refractivity (Wildman–Crippen MR) is 77.3 cm³/mol. The van der Waals surface area contributed by atoms with Crippen molar-refractivity contribution in [2.45, 2.75) is 26.3 Å². The minimum Gasteiger partial charge on any atom is -0.352 e. The molecule has 6 nitrogen and oxygen atoms in total. The average molecular weight is 296 g/mol. The minimum absolute atomic E-state index is 0.0429. The van der Waals surface area contributed by atoms with Crippen LogP contribution in [0.25, 0.3) is 0 Å². The Bertz CT molecular complexity index is 550. The molecule has 2 fully saturated rings. The SMILES string of the molecule is CCc1nc(Cl)c(C)c(N2CCN3C(=O)NCC3C2)n1. The molecule has 0 aliphatic carbocycles. The molecule has 2 aliphatic rings. The fourth-order valence-corrected chi connectivity index (χ4v) is 2.96. The van der Waals surface area contributed by atoms with Crippen LogP contribution >= 0.6 is 11.6 Å². The van der Waals surface area contributed by atoms with Gasteiger partial charge in [-0.15, -0.1) is 0 Å². The van der Waals surface area contributed by atoms with Gasteiger partial charge in [0.25, 0.3) is 0 Å². The van der Waals surface area contributed by atoms with Gasteiger partial charge in [0.05, 0.1) is 6.04 Å². The Morgan fingerprint density at radius 2 is 2.20 bits per heavy atom. The summed E-state index contributed by atoms with van der Waals surface area (Å²) < 4.78 is 0. The van der Waals surface area contributed by atoms with Gasteiger partial charge in [0.15, 0.2) is 0 Å². The molecule has 108 valence electrons. The lowest BCUT2D eigenvalue weighted by Crippen LogP contribution is -2.52. The third-order valence-corrected chi connectivity index (χ3v) is 4.32. The maximum atomic E-state index is 11.6. The van der Waals surface area contributed by atoms with E-state index in [1.54, 1.807) is 0 Å². The van der Waals surface area contributed by atoms with Crippen LogP contribution in [-0.4, -0.2) is 53.1 Å². The molecule has 0 radical (unpaired) electrons. The summed E-state index contributed by atoms with van der Waals surface area (Å²) in [5.74, 6) is 1.67. The van der Waals surface area contributed by atoms with Crippen LogP contribution in [0.5, 0.6) is 0 Å². The van der Waals surface area contributed by atoms with Crippen molar-refractivity contribution in [3.05, 3.63) is 16.5 Å². The van der Waals surface area contributed by atoms with Gasteiger partial charge >= 0.3 is 6.03 Å². The molecule has 2 aliphatic heterocycles. The lowest BCUT2D eigenvalue weighted by Gasteiger charge is -2.37. The number of hydrogen-bond acceptors (Lipinski definition) is 4. The number of aryl methyl sites for hydroxylation is 1. The zero-order valence-electron chi connectivity index (χ0n) is 11.7. The summed E-state index contributed by atoms with van der Waals surface area (Å²) in [6.07, 6.45) is 0.760. The molecule has 0 bridgehead atoms. The normalized spacial score (nSPS) is 21.9. The van der Waals surface area contributed by atoms with Crippen molar-refractivity contribution < 1.29 is 4.79 Å². The number of urea groups is 1. The maximum absolute atomic E-state index is 11.6. The molecule has 2 amide bonds. The Morgan fingerprint density at radius 3 is 2.95 bits per heavy atom. The third-order valence-electron chi connectivity index (χ3n) is 3.96. The molecular weight excluding hydrogens is 278 g/mol. The molecule has 0 spiro atoms. The fourth-order valence-electron chi connectivity index (χ4n) is 2.78. The summed E-state index contributed by atoms with van der Waals surface area (Å²) in [6, 6.07) is 0.260. The topological polar surface area (TPSA) is 61.4 Å². The number of amides is 2. The summed E-state index contributed by atoms with van der Waals surface area (Å²) >= 11 is 6.20. The number of piperazine rings is 1. The van der Waals surface area contributed by atoms with Crippen LogP contribution in [0, 0.1) is 6.92 Å². The van der Waals surface area contributed by atoms with Crippen molar-refractivity contribution in [2.24, 2.45) is 0 Å². The summed E-state index contributed by atoms with van der Waals surface area (Å²) in [6.45, 7) is 6.95. The highest BCUT2D eigenvalue weighted by Crippen LogP contribution is 2.26. The second kappa shape index (κ2) is 5.09. The molecule has 1 unspecified atom stereocenters. The number of carbonyl (C=O) groups excluding carboxylic acids is 1. The number of anilines is 1. The van der Waals surface area contributed by atoms with Crippen LogP contribution in [0.15, 0.2) is 0 Å². The Morgan fingerprint density at radius 1 is 1.40 bits per heavy atom. The zero-order valence-corrected chi connectivity index (χ0v) is 12.4. The lowest BCUT2D eigenvalue weighted by atomic mass is 10.2. The van der Waals surface area contributed by atoms with Gasteiger partial charge in [0.2, 0.25) is 0 Å². The summed E-state index contributed by atoms with van der Waals surface area (Å²) in [5.41, 5.74) is 0.912. The van der Waals surface area contributed by atoms with E-state index in [1.807, 2.05) is 18.7 Å². The summed E-state index contributed by atoms with van der Waals surface area (Å²) in [5, 5.41) is 3.41. The largest absolute Gasteiger partial charge is 0.352 e. The fraction of sp³-hybridized carbons (Fsp3) is 0.615. The Balaban J connectivity index is 1.87. The van der Waals surface area contributed by atoms with E-state index >= 15 is 0 Å². The Hall–Kier alpha value is -1.56. The maximum Gasteiger partial charge on any atom is 0.317 e. The van der Waals surface area contributed by atoms with Gasteiger partial charge in [-0.05, 0) is 6.92 Å². The van der Waals surface area contributed by atoms with Crippen molar-refractivity contribution >= 4 is 23.4 Å². The number of halogens is 1. The number of carbonyl (C=O) groups is 1. The van der Waals surface area contributed by atoms with Crippen LogP contribution < -0.4 is 10.2 Å². The highest BCUT2D eigenvalue weighted by Gasteiger charge is 2.36. The van der Waals surface area contributed by atoms with Crippen molar-refractivity contribution in [3.63, 3.8) is 0 Å². The first-order chi connectivity index (χ1) is 9.60. The first kappa shape index (κ1) is 13.4. The van der Waals surface area contributed by atoms with Gasteiger partial charge in [0.1, 0.15) is 16.8 Å². The minimum atomic E-state index is 0.0429. The van der Waals surface area contributed by atoms with Crippen molar-refractivity contribution in [2.75, 3.05) is 31.1 Å². The van der Waals surface area contributed by atoms with E-state index in [2.05, 4.69) is 20.2 Å². The van der Waals surface area contributed by atoms with Crippen LogP contribution in [0.1, 0.15) is 18.3 Å². The molecule has 0 aromatic carbocycles. The van der Waals surface area contributed by atoms with Crippen molar-refractivity contribution in [1.82, 2.24) is 20.2 Å². The van der Waals surface area contributed by atoms with Crippen LogP contribution in [0.3, 0.4) is 0 Å². The standard InChI is InChI=1S/C13H18ClN5O/c1-3-10-16-11(14)8(2)12(17-10)18-4-5-19-9(7-18)6-15-13(19)20/h9H,3-7H2,1-2H3,(H,15,20). The number of rotatable bonds is 2. The van der Waals surface area contributed by atoms with Crippen LogP contribution in [0.2, 0.25) is 5.15 Å². The van der Waals surface area contributed by atoms with E-state index in [0.29, 0.717) is 11.7 Å². The summed E-state index contributed by atoms with van der Waals surface area (Å²) in [7, 11) is 0. The molecule has 1 N–H and O–H groups in total. The molecule has 20 heavy (non-hydrogen) atoms. The van der Waals surface area contributed by atoms with Gasteiger partial charge in [-0.25, -0.2) is 14.8 Å². The molecule has 0 saturated carbocycles. The van der Waals surface area contributed by atoms with E-state index < -0.39 is 0 Å². The molecule has 3 rings (SSSR count). The van der Waals surface area contributed by atoms with Gasteiger partial charge in [-0.1, -0.05) is 18.5 Å². The number of nitrogens with zero attached hydrogens (tertiary/aromatic N) is 4. The number of fused-ring (bicyclic) bond motifs is 1. The van der Waals surface area contributed by atoms with Crippen LogP contribution in [-0.2, 0) is 6.42 Å². The molecule has 1 aromatic heterocycles. The lowest BCUT2D eigenvalue weighted by molar-refractivity contribution is 0.197. The van der Waals surface area contributed by atoms with Crippen molar-refractivity contribution in [3.8, 4) is 0 Å². The zero-order chi connectivity index (χ0) is 14.3. The van der Waals surface area contributed by atoms with Gasteiger partial charge in [-0.2, -0.15) is 0 Å². The van der Waals surface area contributed by atoms with E-state index in [-0.39, 0.29) is 12.1 Å². The molecule has 3 heterocycles. The molecule has 1 atom stereocenters. The summed E-state index contributed by atoms with van der Waals surface area (Å²) in [4.78, 5) is 24.6. The second-order valence-corrected chi connectivity index (χ2v) is 5.57. The second-order valence-electron chi connectivity index (χ2n) is 5.21.